The van der Waals surface area contributed by atoms with Crippen molar-refractivity contribution in [2.24, 2.45) is 0 Å². The Kier molecular flexibility index (Phi) is 5.52. The van der Waals surface area contributed by atoms with Crippen LogP contribution in [0.2, 0.25) is 0 Å². The molecule has 3 N–H and O–H groups in total. The average molecular weight is 448 g/mol. The number of nitrogens with one attached hydrogen (secondary N) is 2. The van der Waals surface area contributed by atoms with Crippen molar-refractivity contribution in [1.29, 1.82) is 0 Å². The molecule has 0 saturated carbocycles. The monoisotopic (exact) mass is 448 g/mol. The highest BCUT2D eigenvalue weighted by atomic mass is 32.3. The van der Waals surface area contributed by atoms with Crippen molar-refractivity contribution in [3.63, 3.8) is 0 Å². The Morgan fingerprint density at radius 2 is 1.84 bits per heavy atom. The summed E-state index contributed by atoms with van der Waals surface area (Å²) in [7, 11) is -4.86. The molecule has 2 aliphatic heterocycles. The molecule has 164 valence electrons. The highest BCUT2D eigenvalue weighted by Gasteiger charge is 2.49. The van der Waals surface area contributed by atoms with Crippen molar-refractivity contribution in [2.45, 2.75) is 31.3 Å². The van der Waals surface area contributed by atoms with Crippen molar-refractivity contribution < 1.29 is 31.6 Å². The first-order valence-corrected chi connectivity index (χ1v) is 10.9. The van der Waals surface area contributed by atoms with Gasteiger partial charge in [-0.1, -0.05) is 42.5 Å². The van der Waals surface area contributed by atoms with Crippen LogP contribution in [0.15, 0.2) is 42.5 Å². The lowest BCUT2D eigenvalue weighted by atomic mass is 10.0. The van der Waals surface area contributed by atoms with E-state index in [2.05, 4.69) is 15.1 Å². The van der Waals surface area contributed by atoms with Gasteiger partial charge in [0.1, 0.15) is 6.04 Å². The third kappa shape index (κ3) is 4.60. The van der Waals surface area contributed by atoms with E-state index in [1.54, 1.807) is 0 Å². The van der Waals surface area contributed by atoms with Crippen LogP contribution in [-0.4, -0.2) is 59.4 Å². The van der Waals surface area contributed by atoms with Gasteiger partial charge >= 0.3 is 16.4 Å². The first-order valence-electron chi connectivity index (χ1n) is 9.54. The Balaban J connectivity index is 1.33. The van der Waals surface area contributed by atoms with Crippen LogP contribution in [0.4, 0.5) is 4.79 Å². The molecule has 2 atom stereocenters. The summed E-state index contributed by atoms with van der Waals surface area (Å²) in [5, 5.41) is 2.61. The molecule has 2 fully saturated rings. The molecule has 4 rings (SSSR count). The normalized spacial score (nSPS) is 20.7. The van der Waals surface area contributed by atoms with E-state index in [-0.39, 0.29) is 19.4 Å². The van der Waals surface area contributed by atoms with Crippen LogP contribution in [-0.2, 0) is 30.7 Å². The minimum atomic E-state index is -4.86. The molecule has 2 bridgehead atoms. The summed E-state index contributed by atoms with van der Waals surface area (Å²) in [5.74, 6) is -1.03. The van der Waals surface area contributed by atoms with Crippen LogP contribution in [0, 0.1) is 0 Å². The summed E-state index contributed by atoms with van der Waals surface area (Å²) in [6.45, 7) is 0.0669. The second-order valence-corrected chi connectivity index (χ2v) is 8.41. The number of benzene rings is 2. The van der Waals surface area contributed by atoms with Gasteiger partial charge in [0, 0.05) is 6.54 Å². The zero-order valence-corrected chi connectivity index (χ0v) is 17.0. The fraction of sp³-hybridized carbons (Fsp3) is 0.316. The van der Waals surface area contributed by atoms with Crippen molar-refractivity contribution in [1.82, 2.24) is 20.8 Å². The molecule has 0 spiro atoms. The molecule has 0 radical (unpaired) electrons. The number of fused-ring (bicyclic) bond motifs is 3. The Labute approximate surface area is 177 Å². The summed E-state index contributed by atoms with van der Waals surface area (Å²) >= 11 is 0. The third-order valence-corrected chi connectivity index (χ3v) is 5.65. The van der Waals surface area contributed by atoms with Crippen molar-refractivity contribution in [2.75, 3.05) is 6.54 Å². The zero-order chi connectivity index (χ0) is 22.2. The molecule has 2 aliphatic rings. The van der Waals surface area contributed by atoms with E-state index in [0.29, 0.717) is 11.5 Å². The molecule has 0 aliphatic carbocycles. The lowest BCUT2D eigenvalue weighted by Gasteiger charge is -2.29. The molecule has 0 aromatic heterocycles. The summed E-state index contributed by atoms with van der Waals surface area (Å²) in [5.41, 5.74) is 5.43. The maximum atomic E-state index is 12.5. The van der Waals surface area contributed by atoms with Crippen LogP contribution >= 0.6 is 0 Å². The number of piperidine rings is 1. The lowest BCUT2D eigenvalue weighted by molar-refractivity contribution is -0.131. The first kappa shape index (κ1) is 21.0. The van der Waals surface area contributed by atoms with Crippen molar-refractivity contribution >= 4 is 39.0 Å². The van der Waals surface area contributed by atoms with Crippen LogP contribution in [0.5, 0.6) is 0 Å². The Hall–Kier alpha value is -3.22. The maximum Gasteiger partial charge on any atom is 0.418 e. The van der Waals surface area contributed by atoms with Gasteiger partial charge in [-0.25, -0.2) is 4.79 Å². The van der Waals surface area contributed by atoms with E-state index < -0.39 is 40.3 Å². The van der Waals surface area contributed by atoms with E-state index in [1.807, 2.05) is 42.5 Å². The molecule has 11 nitrogen and oxygen atoms in total. The average Bonchev–Trinajstić information content (AvgIpc) is 2.95. The molecule has 2 aromatic rings. The molecule has 1 unspecified atom stereocenters. The fourth-order valence-electron chi connectivity index (χ4n) is 3.90. The summed E-state index contributed by atoms with van der Waals surface area (Å²) in [6.07, 6.45) is 0.589. The summed E-state index contributed by atoms with van der Waals surface area (Å²) in [6, 6.07) is 11.0. The molecular weight excluding hydrogens is 428 g/mol. The van der Waals surface area contributed by atoms with Crippen molar-refractivity contribution in [3.05, 3.63) is 48.0 Å². The molecule has 2 saturated heterocycles. The van der Waals surface area contributed by atoms with E-state index >= 15 is 0 Å². The zero-order valence-electron chi connectivity index (χ0n) is 16.2. The van der Waals surface area contributed by atoms with Crippen LogP contribution in [0.25, 0.3) is 10.8 Å². The topological polar surface area (TPSA) is 145 Å². The number of hydrogen-bond acceptors (Lipinski definition) is 6. The Morgan fingerprint density at radius 1 is 1.10 bits per heavy atom. The van der Waals surface area contributed by atoms with Gasteiger partial charge in [0.2, 0.25) is 5.91 Å². The van der Waals surface area contributed by atoms with E-state index in [9.17, 15) is 22.8 Å². The lowest BCUT2D eigenvalue weighted by Crippen LogP contribution is -2.54. The highest BCUT2D eigenvalue weighted by Crippen LogP contribution is 2.30. The number of amides is 4. The number of hydroxylamine groups is 2. The molecular formula is C19H20N4O7S. The smallest absolute Gasteiger partial charge is 0.309 e. The minimum Gasteiger partial charge on any atom is -0.309 e. The minimum absolute atomic E-state index is 0.0521. The number of hydrazine groups is 1. The quantitative estimate of drug-likeness (QED) is 0.447. The maximum absolute atomic E-state index is 12.5. The van der Waals surface area contributed by atoms with Crippen LogP contribution in [0.1, 0.15) is 18.4 Å². The number of rotatable bonds is 5. The van der Waals surface area contributed by atoms with E-state index in [1.165, 1.54) is 0 Å². The number of hydrogen-bond donors (Lipinski definition) is 3. The van der Waals surface area contributed by atoms with Crippen LogP contribution in [0.3, 0.4) is 0 Å². The molecule has 12 heteroatoms. The second-order valence-electron chi connectivity index (χ2n) is 7.41. The first-order chi connectivity index (χ1) is 14.7. The molecule has 2 aromatic carbocycles. The largest absolute Gasteiger partial charge is 0.418 e. The summed E-state index contributed by atoms with van der Waals surface area (Å²) < 4.78 is 35.0. The van der Waals surface area contributed by atoms with Gasteiger partial charge in [-0.3, -0.25) is 25.0 Å². The number of urea groups is 1. The fourth-order valence-corrected chi connectivity index (χ4v) is 4.29. The van der Waals surface area contributed by atoms with Gasteiger partial charge in [-0.15, -0.1) is 4.28 Å². The molecule has 2 heterocycles. The van der Waals surface area contributed by atoms with E-state index in [4.69, 9.17) is 4.55 Å². The second kappa shape index (κ2) is 8.13. The third-order valence-electron chi connectivity index (χ3n) is 5.30. The highest BCUT2D eigenvalue weighted by molar-refractivity contribution is 7.80. The van der Waals surface area contributed by atoms with Gasteiger partial charge in [-0.2, -0.15) is 13.5 Å². The van der Waals surface area contributed by atoms with Gasteiger partial charge in [-0.05, 0) is 29.2 Å². The van der Waals surface area contributed by atoms with Gasteiger partial charge in [0.25, 0.3) is 5.91 Å². The Morgan fingerprint density at radius 3 is 2.58 bits per heavy atom. The predicted molar refractivity (Wildman–Crippen MR) is 107 cm³/mol. The van der Waals surface area contributed by atoms with Gasteiger partial charge in [0.15, 0.2) is 0 Å². The molecule has 31 heavy (non-hydrogen) atoms. The SMILES string of the molecule is O=C(Cc1ccc2ccccc2c1)NNC(=O)[C@@H]1CCC2CN1C(=O)N2OS(=O)(=O)O. The Bertz CT molecular complexity index is 1150. The predicted octanol–water partition coefficient (Wildman–Crippen LogP) is 0.533. The molecule has 4 amide bonds. The van der Waals surface area contributed by atoms with Gasteiger partial charge in [0.05, 0.1) is 12.5 Å². The number of carbonyl (C=O) groups excluding carboxylic acids is 3. The standard InChI is InChI=1S/C19H20N4O7S/c24-17(10-12-5-6-13-3-1-2-4-14(13)9-12)20-21-18(25)16-8-7-15-11-22(16)19(26)23(15)30-31(27,28)29/h1-6,9,15-16H,7-8,10-11H2,(H,20,24)(H,21,25)(H,27,28,29)/t15?,16-/m0/s1. The summed E-state index contributed by atoms with van der Waals surface area (Å²) in [4.78, 5) is 38.2. The number of carbonyl (C=O) groups is 3. The number of nitrogens with zero attached hydrogens (tertiary/aromatic N) is 2. The van der Waals surface area contributed by atoms with Gasteiger partial charge < -0.3 is 4.90 Å². The van der Waals surface area contributed by atoms with Crippen molar-refractivity contribution in [3.8, 4) is 0 Å². The van der Waals surface area contributed by atoms with Crippen LogP contribution < -0.4 is 10.9 Å². The van der Waals surface area contributed by atoms with E-state index in [0.717, 1.165) is 21.2 Å².